The van der Waals surface area contributed by atoms with Crippen LogP contribution in [0, 0.1) is 5.92 Å². The van der Waals surface area contributed by atoms with E-state index in [1.54, 1.807) is 22.5 Å². The van der Waals surface area contributed by atoms with E-state index in [0.717, 1.165) is 42.1 Å². The first-order valence-electron chi connectivity index (χ1n) is 12.9. The summed E-state index contributed by atoms with van der Waals surface area (Å²) < 4.78 is 35.5. The summed E-state index contributed by atoms with van der Waals surface area (Å²) in [5.74, 6) is 1.27. The quantitative estimate of drug-likeness (QED) is 0.682. The molecule has 2 aromatic carbocycles. The molecule has 5 atom stereocenters. The van der Waals surface area contributed by atoms with Crippen molar-refractivity contribution >= 4 is 10.0 Å². The molecule has 6 aliphatic rings. The van der Waals surface area contributed by atoms with Gasteiger partial charge >= 0.3 is 0 Å². The van der Waals surface area contributed by atoms with E-state index in [0.29, 0.717) is 36.5 Å². The Bertz CT molecular complexity index is 1370. The van der Waals surface area contributed by atoms with Gasteiger partial charge in [0.1, 0.15) is 6.10 Å². The van der Waals surface area contributed by atoms with Gasteiger partial charge in [0.25, 0.3) is 0 Å². The molecule has 184 valence electrons. The van der Waals surface area contributed by atoms with Crippen molar-refractivity contribution in [3.8, 4) is 11.5 Å². The second-order valence-electron chi connectivity index (χ2n) is 11.6. The number of likely N-dealkylation sites (tertiary alicyclic amines) is 1. The van der Waals surface area contributed by atoms with Crippen LogP contribution in [0.5, 0.6) is 11.5 Å². The number of benzene rings is 2. The lowest BCUT2D eigenvalue weighted by Gasteiger charge is -2.64. The molecule has 7 nitrogen and oxygen atoms in total. The molecular formula is C27H30N2O5S. The highest BCUT2D eigenvalue weighted by Gasteiger charge is 2.74. The standard InChI is InChI=1S/C27H30N2O5S/c30-20-8-7-17-13-22-27(31)10-9-19(29-15-18-3-1-2-4-21(18)35(29,32)33)25-26(27,23(17)24(20)34-25)11-12-28(22)14-16-5-6-16/h1-4,7-8,16,19,22,25,30-31H,5-6,9-15H2/t19-,22+,25+,26+,27-/m1/s1. The average molecular weight is 495 g/mol. The maximum Gasteiger partial charge on any atom is 0.244 e. The number of rotatable bonds is 3. The van der Waals surface area contributed by atoms with Crippen LogP contribution >= 0.6 is 0 Å². The van der Waals surface area contributed by atoms with Crippen molar-refractivity contribution in [1.82, 2.24) is 9.21 Å². The highest BCUT2D eigenvalue weighted by atomic mass is 32.2. The molecule has 0 aromatic heterocycles. The highest BCUT2D eigenvalue weighted by Crippen LogP contribution is 2.66. The van der Waals surface area contributed by atoms with Crippen molar-refractivity contribution in [2.45, 2.75) is 79.2 Å². The molecule has 1 saturated heterocycles. The summed E-state index contributed by atoms with van der Waals surface area (Å²) in [4.78, 5) is 2.87. The lowest BCUT2D eigenvalue weighted by Crippen LogP contribution is -2.78. The lowest BCUT2D eigenvalue weighted by atomic mass is 9.48. The molecule has 3 fully saturated rings. The third kappa shape index (κ3) is 2.44. The van der Waals surface area contributed by atoms with Crippen LogP contribution in [0.2, 0.25) is 0 Å². The second-order valence-corrected chi connectivity index (χ2v) is 13.4. The minimum Gasteiger partial charge on any atom is -0.504 e. The Morgan fingerprint density at radius 2 is 1.89 bits per heavy atom. The third-order valence-corrected chi connectivity index (χ3v) is 12.0. The fourth-order valence-electron chi connectivity index (χ4n) is 8.31. The van der Waals surface area contributed by atoms with Crippen molar-refractivity contribution in [1.29, 1.82) is 0 Å². The number of nitrogens with zero attached hydrogens (tertiary/aromatic N) is 2. The van der Waals surface area contributed by atoms with Crippen LogP contribution in [0.4, 0.5) is 0 Å². The number of phenolic OH excluding ortho intramolecular Hbond substituents is 1. The molecule has 2 aromatic rings. The summed E-state index contributed by atoms with van der Waals surface area (Å²) in [6, 6.07) is 10.5. The molecule has 1 spiro atoms. The minimum absolute atomic E-state index is 0.0146. The van der Waals surface area contributed by atoms with E-state index >= 15 is 0 Å². The Kier molecular flexibility index (Phi) is 3.96. The number of aromatic hydroxyl groups is 1. The van der Waals surface area contributed by atoms with Gasteiger partial charge in [-0.15, -0.1) is 0 Å². The average Bonchev–Trinajstić information content (AvgIpc) is 3.52. The summed E-state index contributed by atoms with van der Waals surface area (Å²) >= 11 is 0. The lowest BCUT2D eigenvalue weighted by molar-refractivity contribution is -0.196. The Labute approximate surface area is 205 Å². The van der Waals surface area contributed by atoms with Crippen LogP contribution < -0.4 is 4.74 Å². The zero-order valence-electron chi connectivity index (χ0n) is 19.6. The van der Waals surface area contributed by atoms with Crippen LogP contribution in [0.25, 0.3) is 0 Å². The van der Waals surface area contributed by atoms with Crippen molar-refractivity contribution < 1.29 is 23.4 Å². The number of piperidine rings is 1. The first-order chi connectivity index (χ1) is 16.8. The largest absolute Gasteiger partial charge is 0.504 e. The summed E-state index contributed by atoms with van der Waals surface area (Å²) in [6.07, 6.45) is 4.51. The molecule has 0 radical (unpaired) electrons. The van der Waals surface area contributed by atoms with Crippen molar-refractivity contribution in [3.05, 3.63) is 53.1 Å². The van der Waals surface area contributed by atoms with Gasteiger partial charge in [-0.25, -0.2) is 8.42 Å². The molecule has 3 aliphatic carbocycles. The third-order valence-electron chi connectivity index (χ3n) is 9.99. The summed E-state index contributed by atoms with van der Waals surface area (Å²) in [5.41, 5.74) is 1.15. The van der Waals surface area contributed by atoms with Gasteiger partial charge in [-0.2, -0.15) is 4.31 Å². The summed E-state index contributed by atoms with van der Waals surface area (Å²) in [5, 5.41) is 23.4. The first-order valence-corrected chi connectivity index (χ1v) is 14.4. The molecule has 35 heavy (non-hydrogen) atoms. The van der Waals surface area contributed by atoms with E-state index in [4.69, 9.17) is 4.74 Å². The highest BCUT2D eigenvalue weighted by molar-refractivity contribution is 7.89. The van der Waals surface area contributed by atoms with E-state index in [2.05, 4.69) is 4.90 Å². The predicted octanol–water partition coefficient (Wildman–Crippen LogP) is 2.53. The van der Waals surface area contributed by atoms with Gasteiger partial charge in [-0.05, 0) is 74.2 Å². The minimum atomic E-state index is -3.66. The van der Waals surface area contributed by atoms with Crippen LogP contribution in [0.1, 0.15) is 48.8 Å². The first kappa shape index (κ1) is 21.0. The van der Waals surface area contributed by atoms with Gasteiger partial charge in [-0.1, -0.05) is 24.3 Å². The number of hydrogen-bond donors (Lipinski definition) is 2. The molecule has 8 heteroatoms. The Morgan fingerprint density at radius 1 is 1.06 bits per heavy atom. The monoisotopic (exact) mass is 494 g/mol. The topological polar surface area (TPSA) is 90.3 Å². The number of ether oxygens (including phenoxy) is 1. The summed E-state index contributed by atoms with van der Waals surface area (Å²) in [7, 11) is -3.66. The van der Waals surface area contributed by atoms with E-state index in [1.807, 2.05) is 18.2 Å². The van der Waals surface area contributed by atoms with Gasteiger partial charge in [0.2, 0.25) is 10.0 Å². The van der Waals surface area contributed by atoms with Gasteiger partial charge in [-0.3, -0.25) is 4.90 Å². The Morgan fingerprint density at radius 3 is 2.69 bits per heavy atom. The number of fused-ring (bicyclic) bond motifs is 1. The predicted molar refractivity (Wildman–Crippen MR) is 128 cm³/mol. The van der Waals surface area contributed by atoms with Crippen LogP contribution in [-0.4, -0.2) is 64.7 Å². The van der Waals surface area contributed by atoms with E-state index in [1.165, 1.54) is 12.8 Å². The molecular weight excluding hydrogens is 464 g/mol. The smallest absolute Gasteiger partial charge is 0.244 e. The van der Waals surface area contributed by atoms with E-state index < -0.39 is 33.2 Å². The molecule has 2 bridgehead atoms. The number of sulfonamides is 1. The molecule has 8 rings (SSSR count). The fraction of sp³-hybridized carbons (Fsp3) is 0.556. The van der Waals surface area contributed by atoms with Gasteiger partial charge in [0.05, 0.1) is 22.0 Å². The second kappa shape index (κ2) is 6.59. The van der Waals surface area contributed by atoms with Gasteiger partial charge in [0, 0.05) is 24.7 Å². The van der Waals surface area contributed by atoms with Crippen molar-refractivity contribution in [3.63, 3.8) is 0 Å². The number of aliphatic hydroxyl groups is 1. The zero-order valence-corrected chi connectivity index (χ0v) is 20.4. The maximum absolute atomic E-state index is 13.7. The molecule has 0 unspecified atom stereocenters. The molecule has 2 N–H and O–H groups in total. The fourth-order valence-corrected chi connectivity index (χ4v) is 10.2. The van der Waals surface area contributed by atoms with Crippen LogP contribution in [0.3, 0.4) is 0 Å². The molecule has 0 amide bonds. The van der Waals surface area contributed by atoms with E-state index in [-0.39, 0.29) is 11.8 Å². The summed E-state index contributed by atoms with van der Waals surface area (Å²) in [6.45, 7) is 2.20. The Balaban J connectivity index is 1.28. The number of hydrogen-bond acceptors (Lipinski definition) is 6. The normalized spacial score (nSPS) is 38.6. The van der Waals surface area contributed by atoms with Crippen LogP contribution in [0.15, 0.2) is 41.3 Å². The maximum atomic E-state index is 13.7. The molecule has 2 saturated carbocycles. The Hall–Kier alpha value is -2.13. The van der Waals surface area contributed by atoms with Crippen LogP contribution in [-0.2, 0) is 28.4 Å². The SMILES string of the molecule is O=S1(=O)c2ccccc2CN1[C@@H]1CC[C@@]2(O)[C@@H]3Cc4ccc(O)c5c4[C@@]2(CCN3CC2CC2)[C@H]1O5. The van der Waals surface area contributed by atoms with Crippen molar-refractivity contribution in [2.75, 3.05) is 13.1 Å². The van der Waals surface area contributed by atoms with Crippen molar-refractivity contribution in [2.24, 2.45) is 5.92 Å². The zero-order chi connectivity index (χ0) is 23.7. The molecule has 3 heterocycles. The van der Waals surface area contributed by atoms with Gasteiger partial charge in [0.15, 0.2) is 11.5 Å². The number of phenols is 1. The van der Waals surface area contributed by atoms with E-state index in [9.17, 15) is 18.6 Å². The molecule has 3 aliphatic heterocycles. The van der Waals surface area contributed by atoms with Gasteiger partial charge < -0.3 is 14.9 Å².